The number of anilines is 1. The second kappa shape index (κ2) is 5.14. The number of nitrogens with two attached hydrogens (primary N) is 1. The first kappa shape index (κ1) is 13.5. The summed E-state index contributed by atoms with van der Waals surface area (Å²) >= 11 is 1.28. The lowest BCUT2D eigenvalue weighted by Crippen LogP contribution is -2.11. The minimum atomic E-state index is -0.301. The van der Waals surface area contributed by atoms with Crippen molar-refractivity contribution in [1.29, 1.82) is 0 Å². The van der Waals surface area contributed by atoms with Gasteiger partial charge in [-0.3, -0.25) is 4.79 Å². The molecule has 4 nitrogen and oxygen atoms in total. The molecule has 2 N–H and O–H groups in total. The van der Waals surface area contributed by atoms with E-state index in [4.69, 9.17) is 5.73 Å². The van der Waals surface area contributed by atoms with Crippen LogP contribution in [0.15, 0.2) is 46.7 Å². The zero-order valence-electron chi connectivity index (χ0n) is 11.2. The molecule has 21 heavy (non-hydrogen) atoms. The molecule has 0 amide bonds. The van der Waals surface area contributed by atoms with Crippen LogP contribution in [0.3, 0.4) is 0 Å². The fourth-order valence-corrected chi connectivity index (χ4v) is 2.68. The molecular formula is C15H12FN3OS. The van der Waals surface area contributed by atoms with Gasteiger partial charge in [-0.1, -0.05) is 0 Å². The van der Waals surface area contributed by atoms with E-state index in [-0.39, 0.29) is 11.2 Å². The minimum Gasteiger partial charge on any atom is -0.375 e. The van der Waals surface area contributed by atoms with Crippen LogP contribution in [-0.4, -0.2) is 9.55 Å². The van der Waals surface area contributed by atoms with Crippen molar-refractivity contribution in [1.82, 2.24) is 9.55 Å². The molecule has 0 aliphatic heterocycles. The third-order valence-electron chi connectivity index (χ3n) is 3.15. The number of halogens is 1. The molecule has 2 heterocycles. The minimum absolute atomic E-state index is 0.115. The van der Waals surface area contributed by atoms with Crippen molar-refractivity contribution < 1.29 is 4.39 Å². The molecule has 0 saturated carbocycles. The molecule has 0 unspecified atom stereocenters. The number of nitrogen functional groups attached to an aromatic ring is 1. The number of nitrogens with zero attached hydrogens (tertiary/aromatic N) is 2. The van der Waals surface area contributed by atoms with Crippen molar-refractivity contribution in [3.05, 3.63) is 63.6 Å². The van der Waals surface area contributed by atoms with Crippen LogP contribution in [0, 0.1) is 12.7 Å². The maximum atomic E-state index is 13.0. The van der Waals surface area contributed by atoms with Crippen molar-refractivity contribution in [3.63, 3.8) is 0 Å². The van der Waals surface area contributed by atoms with Gasteiger partial charge in [0.2, 0.25) is 0 Å². The molecular weight excluding hydrogens is 289 g/mol. The Morgan fingerprint density at radius 3 is 2.62 bits per heavy atom. The first-order valence-corrected chi connectivity index (χ1v) is 7.13. The fourth-order valence-electron chi connectivity index (χ4n) is 2.12. The van der Waals surface area contributed by atoms with Crippen LogP contribution in [0.25, 0.3) is 16.9 Å². The van der Waals surface area contributed by atoms with Crippen LogP contribution in [0.4, 0.5) is 9.52 Å². The van der Waals surface area contributed by atoms with Gasteiger partial charge in [-0.05, 0) is 31.2 Å². The summed E-state index contributed by atoms with van der Waals surface area (Å²) in [5, 5.41) is 2.16. The smallest absolute Gasteiger partial charge is 0.191 e. The van der Waals surface area contributed by atoms with Gasteiger partial charge in [-0.25, -0.2) is 9.37 Å². The Morgan fingerprint density at radius 2 is 2.00 bits per heavy atom. The highest BCUT2D eigenvalue weighted by Crippen LogP contribution is 2.22. The summed E-state index contributed by atoms with van der Waals surface area (Å²) in [6.07, 6.45) is 1.71. The average molecular weight is 301 g/mol. The molecule has 6 heteroatoms. The number of pyridine rings is 1. The molecule has 0 aliphatic rings. The van der Waals surface area contributed by atoms with Gasteiger partial charge in [0.25, 0.3) is 0 Å². The van der Waals surface area contributed by atoms with Crippen LogP contribution < -0.4 is 11.2 Å². The Hall–Kier alpha value is -2.47. The van der Waals surface area contributed by atoms with E-state index in [0.717, 1.165) is 11.4 Å². The first-order chi connectivity index (χ1) is 10.0. The van der Waals surface area contributed by atoms with E-state index in [0.29, 0.717) is 16.4 Å². The summed E-state index contributed by atoms with van der Waals surface area (Å²) in [6.45, 7) is 1.82. The highest BCUT2D eigenvalue weighted by Gasteiger charge is 2.10. The number of hydrogen-bond acceptors (Lipinski definition) is 4. The Balaban J connectivity index is 2.18. The third kappa shape index (κ3) is 2.57. The van der Waals surface area contributed by atoms with Crippen LogP contribution >= 0.6 is 11.3 Å². The van der Waals surface area contributed by atoms with E-state index >= 15 is 0 Å². The summed E-state index contributed by atoms with van der Waals surface area (Å²) < 4.78 is 14.9. The largest absolute Gasteiger partial charge is 0.375 e. The Labute approximate surface area is 124 Å². The second-order valence-electron chi connectivity index (χ2n) is 4.61. The quantitative estimate of drug-likeness (QED) is 0.791. The van der Waals surface area contributed by atoms with Crippen molar-refractivity contribution in [2.24, 2.45) is 0 Å². The predicted molar refractivity (Wildman–Crippen MR) is 82.3 cm³/mol. The molecule has 2 aromatic heterocycles. The third-order valence-corrected chi connectivity index (χ3v) is 3.82. The molecule has 0 atom stereocenters. The lowest BCUT2D eigenvalue weighted by molar-refractivity contribution is 0.627. The fraction of sp³-hybridized carbons (Fsp3) is 0.0667. The van der Waals surface area contributed by atoms with Crippen LogP contribution in [0.5, 0.6) is 0 Å². The maximum Gasteiger partial charge on any atom is 0.191 e. The van der Waals surface area contributed by atoms with Gasteiger partial charge in [0, 0.05) is 29.0 Å². The van der Waals surface area contributed by atoms with Gasteiger partial charge >= 0.3 is 0 Å². The van der Waals surface area contributed by atoms with Gasteiger partial charge in [0.1, 0.15) is 5.82 Å². The molecule has 1 aromatic carbocycles. The maximum absolute atomic E-state index is 13.0. The molecule has 3 rings (SSSR count). The second-order valence-corrected chi connectivity index (χ2v) is 5.50. The summed E-state index contributed by atoms with van der Waals surface area (Å²) in [5.41, 5.74) is 8.07. The number of rotatable bonds is 2. The number of benzene rings is 1. The molecule has 3 aromatic rings. The monoisotopic (exact) mass is 301 g/mol. The van der Waals surface area contributed by atoms with Crippen LogP contribution in [0.2, 0.25) is 0 Å². The lowest BCUT2D eigenvalue weighted by atomic mass is 10.2. The van der Waals surface area contributed by atoms with Gasteiger partial charge in [-0.2, -0.15) is 0 Å². The molecule has 0 fully saturated rings. The summed E-state index contributed by atoms with van der Waals surface area (Å²) in [7, 11) is 0. The van der Waals surface area contributed by atoms with Crippen molar-refractivity contribution in [3.8, 4) is 16.9 Å². The molecule has 0 bridgehead atoms. The van der Waals surface area contributed by atoms with Gasteiger partial charge in [0.15, 0.2) is 10.6 Å². The standard InChI is InChI=1S/C15H12FN3OS/c1-9-6-14(20)12(13-8-21-15(17)18-13)7-19(9)11-4-2-10(16)3-5-11/h2-8H,1H3,(H2,17,18). The zero-order valence-corrected chi connectivity index (χ0v) is 12.0. The molecule has 0 saturated heterocycles. The van der Waals surface area contributed by atoms with Crippen molar-refractivity contribution in [2.75, 3.05) is 5.73 Å². The average Bonchev–Trinajstić information content (AvgIpc) is 2.87. The molecule has 106 valence electrons. The molecule has 0 aliphatic carbocycles. The van der Waals surface area contributed by atoms with Gasteiger partial charge in [-0.15, -0.1) is 11.3 Å². The zero-order chi connectivity index (χ0) is 15.0. The SMILES string of the molecule is Cc1cc(=O)c(-c2csc(N)n2)cn1-c1ccc(F)cc1. The number of aryl methyl sites for hydroxylation is 1. The van der Waals surface area contributed by atoms with Crippen molar-refractivity contribution >= 4 is 16.5 Å². The van der Waals surface area contributed by atoms with E-state index in [2.05, 4.69) is 4.98 Å². The highest BCUT2D eigenvalue weighted by atomic mass is 32.1. The van der Waals surface area contributed by atoms with E-state index in [9.17, 15) is 9.18 Å². The van der Waals surface area contributed by atoms with E-state index in [1.54, 1.807) is 23.7 Å². The van der Waals surface area contributed by atoms with Crippen LogP contribution in [-0.2, 0) is 0 Å². The predicted octanol–water partition coefficient (Wildman–Crippen LogP) is 2.99. The highest BCUT2D eigenvalue weighted by molar-refractivity contribution is 7.13. The Bertz CT molecular complexity index is 852. The Morgan fingerprint density at radius 1 is 1.29 bits per heavy atom. The van der Waals surface area contributed by atoms with E-state index < -0.39 is 0 Å². The summed E-state index contributed by atoms with van der Waals surface area (Å²) in [4.78, 5) is 16.3. The van der Waals surface area contributed by atoms with E-state index in [1.807, 2.05) is 11.5 Å². The first-order valence-electron chi connectivity index (χ1n) is 6.25. The Kier molecular flexibility index (Phi) is 3.31. The molecule has 0 radical (unpaired) electrons. The number of thiazole rings is 1. The summed E-state index contributed by atoms with van der Waals surface area (Å²) in [5.74, 6) is -0.301. The summed E-state index contributed by atoms with van der Waals surface area (Å²) in [6, 6.07) is 7.62. The van der Waals surface area contributed by atoms with Crippen molar-refractivity contribution in [2.45, 2.75) is 6.92 Å². The van der Waals surface area contributed by atoms with Crippen LogP contribution in [0.1, 0.15) is 5.69 Å². The number of aromatic nitrogens is 2. The normalized spacial score (nSPS) is 10.8. The van der Waals surface area contributed by atoms with Gasteiger partial charge < -0.3 is 10.3 Å². The van der Waals surface area contributed by atoms with Gasteiger partial charge in [0.05, 0.1) is 11.3 Å². The lowest BCUT2D eigenvalue weighted by Gasteiger charge is -2.12. The topological polar surface area (TPSA) is 60.9 Å². The molecule has 0 spiro atoms. The number of hydrogen-bond donors (Lipinski definition) is 1. The van der Waals surface area contributed by atoms with E-state index in [1.165, 1.54) is 29.5 Å².